The maximum atomic E-state index is 13.9. The van der Waals surface area contributed by atoms with Gasteiger partial charge in [-0.1, -0.05) is 12.1 Å². The number of likely N-dealkylation sites (tertiary alicyclic amines) is 1. The molecule has 1 amide bonds. The zero-order chi connectivity index (χ0) is 34.5. The summed E-state index contributed by atoms with van der Waals surface area (Å²) >= 11 is 0. The number of aliphatic imine (C=N–C) groups is 1. The summed E-state index contributed by atoms with van der Waals surface area (Å²) in [6.45, 7) is 10.2. The molecule has 256 valence electrons. The van der Waals surface area contributed by atoms with E-state index in [0.29, 0.717) is 35.0 Å². The Kier molecular flexibility index (Phi) is 10.9. The molecule has 0 spiro atoms. The minimum absolute atomic E-state index is 0.0251. The lowest BCUT2D eigenvalue weighted by atomic mass is 9.79. The molecule has 0 N–H and O–H groups in total. The lowest BCUT2D eigenvalue weighted by molar-refractivity contribution is 0.0292. The number of fused-ring (bicyclic) bond motifs is 3. The topological polar surface area (TPSA) is 99.1 Å². The van der Waals surface area contributed by atoms with Crippen LogP contribution in [0.1, 0.15) is 77.4 Å². The van der Waals surface area contributed by atoms with Gasteiger partial charge in [0.1, 0.15) is 18.1 Å². The van der Waals surface area contributed by atoms with Gasteiger partial charge in [-0.05, 0) is 89.7 Å². The van der Waals surface area contributed by atoms with Gasteiger partial charge in [0.2, 0.25) is 0 Å². The average molecular weight is 658 g/mol. The van der Waals surface area contributed by atoms with Crippen LogP contribution in [0.3, 0.4) is 0 Å². The number of rotatable bonds is 12. The van der Waals surface area contributed by atoms with E-state index in [1.807, 2.05) is 58.0 Å². The van der Waals surface area contributed by atoms with Gasteiger partial charge in [-0.3, -0.25) is 9.79 Å². The van der Waals surface area contributed by atoms with Crippen LogP contribution in [0.2, 0.25) is 0 Å². The third kappa shape index (κ3) is 7.28. The Morgan fingerprint density at radius 1 is 0.917 bits per heavy atom. The Labute approximate surface area is 283 Å². The van der Waals surface area contributed by atoms with Crippen LogP contribution in [0.15, 0.2) is 59.6 Å². The number of benzene rings is 3. The number of hydrogen-bond donors (Lipinski definition) is 0. The molecule has 3 atom stereocenters. The van der Waals surface area contributed by atoms with E-state index in [0.717, 1.165) is 42.1 Å². The molecular formula is C38H47N3O7. The van der Waals surface area contributed by atoms with Crippen LogP contribution in [0.4, 0.5) is 0 Å². The summed E-state index contributed by atoms with van der Waals surface area (Å²) < 4.78 is 27.9. The molecule has 1 fully saturated rings. The molecule has 48 heavy (non-hydrogen) atoms. The van der Waals surface area contributed by atoms with Crippen molar-refractivity contribution in [2.75, 3.05) is 54.7 Å². The largest absolute Gasteiger partial charge is 0.497 e. The van der Waals surface area contributed by atoms with Crippen molar-refractivity contribution < 1.29 is 33.3 Å². The van der Waals surface area contributed by atoms with Gasteiger partial charge in [-0.15, -0.1) is 0 Å². The Hall–Kier alpha value is -4.57. The van der Waals surface area contributed by atoms with Crippen LogP contribution >= 0.6 is 0 Å². The van der Waals surface area contributed by atoms with Crippen molar-refractivity contribution >= 4 is 17.6 Å². The fourth-order valence-electron chi connectivity index (χ4n) is 6.69. The highest BCUT2D eigenvalue weighted by atomic mass is 16.5. The number of likely N-dealkylation sites (N-methyl/N-ethyl adjacent to an activating group) is 1. The van der Waals surface area contributed by atoms with E-state index >= 15 is 0 Å². The average Bonchev–Trinajstić information content (AvgIpc) is 3.09. The summed E-state index contributed by atoms with van der Waals surface area (Å²) in [6, 6.07) is 16.3. The first-order chi connectivity index (χ1) is 23.1. The van der Waals surface area contributed by atoms with Crippen LogP contribution in [-0.2, 0) is 4.74 Å². The summed E-state index contributed by atoms with van der Waals surface area (Å²) in [7, 11) is 6.85. The summed E-state index contributed by atoms with van der Waals surface area (Å²) in [5.74, 6) is 1.97. The summed E-state index contributed by atoms with van der Waals surface area (Å²) in [4.78, 5) is 36.2. The molecule has 10 heteroatoms. The first-order valence-electron chi connectivity index (χ1n) is 16.5. The lowest BCUT2D eigenvalue weighted by Gasteiger charge is -2.39. The fourth-order valence-corrected chi connectivity index (χ4v) is 6.69. The number of carbonyl (C=O) groups is 2. The third-order valence-electron chi connectivity index (χ3n) is 9.08. The standard InChI is InChI=1S/C38H47N3O7/c1-9-47-35-19-30-31(20-34(35)46-8)36(39-33-14-15-40(5)21-32(30)33)25-10-12-26(13-11-25)37(42)41(23(2)3)24(4)22-48-38(43)27-16-28(44-6)18-29(17-27)45-7/h10-13,16-20,23-24,32-33H,9,14-15,21-22H2,1-8H3/t24-,32+,33+/m0/s1. The number of ether oxygens (including phenoxy) is 5. The first-order valence-corrected chi connectivity index (χ1v) is 16.5. The van der Waals surface area contributed by atoms with Gasteiger partial charge in [0.25, 0.3) is 5.91 Å². The summed E-state index contributed by atoms with van der Waals surface area (Å²) in [5.41, 5.74) is 4.92. The molecule has 0 aromatic heterocycles. The van der Waals surface area contributed by atoms with E-state index < -0.39 is 5.97 Å². The molecule has 0 bridgehead atoms. The smallest absolute Gasteiger partial charge is 0.338 e. The van der Waals surface area contributed by atoms with Crippen molar-refractivity contribution in [2.24, 2.45) is 4.99 Å². The highest BCUT2D eigenvalue weighted by Gasteiger charge is 2.36. The highest BCUT2D eigenvalue weighted by Crippen LogP contribution is 2.42. The van der Waals surface area contributed by atoms with E-state index in [9.17, 15) is 9.59 Å². The quantitative estimate of drug-likeness (QED) is 0.224. The predicted octanol–water partition coefficient (Wildman–Crippen LogP) is 5.85. The predicted molar refractivity (Wildman–Crippen MR) is 185 cm³/mol. The third-order valence-corrected chi connectivity index (χ3v) is 9.08. The van der Waals surface area contributed by atoms with E-state index in [1.165, 1.54) is 19.8 Å². The van der Waals surface area contributed by atoms with Crippen LogP contribution in [0.25, 0.3) is 0 Å². The SMILES string of the molecule is CCOc1cc2c(cc1OC)C(c1ccc(C(=O)N(C(C)C)[C@@H](C)COC(=O)c3cc(OC)cc(OC)c3)cc1)=N[C@@H]1CCN(C)C[C@H]21. The second kappa shape index (κ2) is 15.1. The Bertz CT molecular complexity index is 1630. The molecule has 0 unspecified atom stereocenters. The molecule has 0 radical (unpaired) electrons. The molecule has 2 aliphatic heterocycles. The molecule has 5 rings (SSSR count). The number of amides is 1. The molecule has 0 saturated carbocycles. The molecular weight excluding hydrogens is 610 g/mol. The number of nitrogens with zero attached hydrogens (tertiary/aromatic N) is 3. The van der Waals surface area contributed by atoms with Crippen LogP contribution < -0.4 is 18.9 Å². The normalized spacial score (nSPS) is 17.8. The first kappa shape index (κ1) is 34.8. The number of piperidine rings is 1. The van der Waals surface area contributed by atoms with Gasteiger partial charge in [0, 0.05) is 41.3 Å². The zero-order valence-corrected chi connectivity index (χ0v) is 29.2. The van der Waals surface area contributed by atoms with E-state index in [4.69, 9.17) is 28.7 Å². The van der Waals surface area contributed by atoms with Gasteiger partial charge < -0.3 is 33.5 Å². The molecule has 0 aliphatic carbocycles. The molecule has 2 heterocycles. The van der Waals surface area contributed by atoms with Crippen molar-refractivity contribution in [3.8, 4) is 23.0 Å². The summed E-state index contributed by atoms with van der Waals surface area (Å²) in [5, 5.41) is 0. The highest BCUT2D eigenvalue weighted by molar-refractivity contribution is 6.15. The Morgan fingerprint density at radius 3 is 2.21 bits per heavy atom. The van der Waals surface area contributed by atoms with Gasteiger partial charge in [-0.2, -0.15) is 0 Å². The number of carbonyl (C=O) groups excluding carboxylic acids is 2. The van der Waals surface area contributed by atoms with Gasteiger partial charge >= 0.3 is 5.97 Å². The Balaban J connectivity index is 1.37. The summed E-state index contributed by atoms with van der Waals surface area (Å²) in [6.07, 6.45) is 0.966. The minimum atomic E-state index is -0.523. The van der Waals surface area contributed by atoms with Crippen molar-refractivity contribution in [1.29, 1.82) is 0 Å². The van der Waals surface area contributed by atoms with Crippen LogP contribution in [0.5, 0.6) is 23.0 Å². The van der Waals surface area contributed by atoms with Crippen molar-refractivity contribution in [2.45, 2.75) is 58.2 Å². The fraction of sp³-hybridized carbons (Fsp3) is 0.447. The lowest BCUT2D eigenvalue weighted by Crippen LogP contribution is -2.46. The Morgan fingerprint density at radius 2 is 1.60 bits per heavy atom. The van der Waals surface area contributed by atoms with E-state index in [2.05, 4.69) is 18.0 Å². The van der Waals surface area contributed by atoms with Crippen LogP contribution in [0, 0.1) is 0 Å². The minimum Gasteiger partial charge on any atom is -0.497 e. The van der Waals surface area contributed by atoms with E-state index in [-0.39, 0.29) is 36.6 Å². The molecule has 10 nitrogen and oxygen atoms in total. The van der Waals surface area contributed by atoms with Gasteiger partial charge in [0.15, 0.2) is 11.5 Å². The maximum Gasteiger partial charge on any atom is 0.338 e. The molecule has 1 saturated heterocycles. The van der Waals surface area contributed by atoms with Gasteiger partial charge in [-0.25, -0.2) is 4.79 Å². The second-order valence-corrected chi connectivity index (χ2v) is 12.7. The molecule has 2 aliphatic rings. The van der Waals surface area contributed by atoms with Crippen LogP contribution in [-0.4, -0.2) is 100 Å². The maximum absolute atomic E-state index is 13.9. The molecule has 3 aromatic rings. The van der Waals surface area contributed by atoms with Gasteiger partial charge in [0.05, 0.1) is 51.3 Å². The second-order valence-electron chi connectivity index (χ2n) is 12.7. The van der Waals surface area contributed by atoms with E-state index in [1.54, 1.807) is 30.2 Å². The van der Waals surface area contributed by atoms with Crippen molar-refractivity contribution in [3.05, 3.63) is 82.4 Å². The number of hydrogen-bond acceptors (Lipinski definition) is 9. The zero-order valence-electron chi connectivity index (χ0n) is 29.2. The number of esters is 1. The van der Waals surface area contributed by atoms with Crippen molar-refractivity contribution in [3.63, 3.8) is 0 Å². The monoisotopic (exact) mass is 657 g/mol. The number of methoxy groups -OCH3 is 3. The van der Waals surface area contributed by atoms with Crippen molar-refractivity contribution in [1.82, 2.24) is 9.80 Å². The molecule has 3 aromatic carbocycles.